The molecule has 4 rings (SSSR count). The molecule has 2 unspecified atom stereocenters. The summed E-state index contributed by atoms with van der Waals surface area (Å²) in [6.45, 7) is 32.7. The van der Waals surface area contributed by atoms with Crippen molar-refractivity contribution in [3.05, 3.63) is 34.9 Å². The Morgan fingerprint density at radius 3 is 1.95 bits per heavy atom. The van der Waals surface area contributed by atoms with Crippen molar-refractivity contribution in [3.63, 3.8) is 0 Å². The fourth-order valence-electron chi connectivity index (χ4n) is 7.93. The van der Waals surface area contributed by atoms with E-state index in [0.717, 1.165) is 32.1 Å². The summed E-state index contributed by atoms with van der Waals surface area (Å²) in [5, 5.41) is 11.4. The minimum atomic E-state index is -2.01. The molecule has 5 heteroatoms. The molecule has 0 bridgehead atoms. The van der Waals surface area contributed by atoms with Crippen molar-refractivity contribution < 1.29 is 14.0 Å². The zero-order chi connectivity index (χ0) is 29.6. The molecule has 1 N–H and O–H groups in total. The number of aliphatic hydroxyl groups is 1. The maximum atomic E-state index is 11.1. The van der Waals surface area contributed by atoms with Crippen LogP contribution in [0.25, 0.3) is 0 Å². The van der Waals surface area contributed by atoms with Gasteiger partial charge in [0.2, 0.25) is 0 Å². The van der Waals surface area contributed by atoms with Crippen LogP contribution in [0.5, 0.6) is 0 Å². The van der Waals surface area contributed by atoms with E-state index in [1.165, 1.54) is 5.57 Å². The molecule has 4 aliphatic rings. The molecule has 0 aliphatic heterocycles. The highest BCUT2D eigenvalue weighted by atomic mass is 28.4. The molecule has 6 atom stereocenters. The van der Waals surface area contributed by atoms with Gasteiger partial charge in [-0.25, -0.2) is 0 Å². The molecule has 0 amide bonds. The van der Waals surface area contributed by atoms with Gasteiger partial charge in [0.1, 0.15) is 0 Å². The molecule has 2 saturated carbocycles. The number of hydrogen-bond acceptors (Lipinski definition) is 3. The van der Waals surface area contributed by atoms with E-state index in [0.29, 0.717) is 11.8 Å². The lowest BCUT2D eigenvalue weighted by Crippen LogP contribution is -2.58. The van der Waals surface area contributed by atoms with Gasteiger partial charge in [0.05, 0.1) is 17.8 Å². The van der Waals surface area contributed by atoms with Crippen LogP contribution in [-0.2, 0) is 8.85 Å². The Labute approximate surface area is 243 Å². The second kappa shape index (κ2) is 9.52. The predicted octanol–water partition coefficient (Wildman–Crippen LogP) is 9.57. The topological polar surface area (TPSA) is 38.7 Å². The maximum Gasteiger partial charge on any atom is 0.192 e. The van der Waals surface area contributed by atoms with Crippen LogP contribution in [0.2, 0.25) is 36.3 Å². The van der Waals surface area contributed by atoms with Crippen LogP contribution >= 0.6 is 0 Å². The monoisotopic (exact) mass is 572 g/mol. The van der Waals surface area contributed by atoms with Gasteiger partial charge in [-0.1, -0.05) is 84.8 Å². The molecule has 4 aliphatic carbocycles. The predicted molar refractivity (Wildman–Crippen MR) is 171 cm³/mol. The number of fused-ring (bicyclic) bond motifs is 5. The fraction of sp³-hybridized carbons (Fsp3) is 0.824. The molecule has 0 saturated heterocycles. The lowest BCUT2D eigenvalue weighted by molar-refractivity contribution is -0.0406. The van der Waals surface area contributed by atoms with Crippen molar-refractivity contribution in [1.29, 1.82) is 0 Å². The molecule has 39 heavy (non-hydrogen) atoms. The highest BCUT2D eigenvalue weighted by molar-refractivity contribution is 6.74. The first-order valence-electron chi connectivity index (χ1n) is 15.7. The molecule has 0 aromatic carbocycles. The van der Waals surface area contributed by atoms with E-state index in [9.17, 15) is 5.11 Å². The van der Waals surface area contributed by atoms with Crippen LogP contribution in [0.3, 0.4) is 0 Å². The molecular formula is C34H60O3Si2. The van der Waals surface area contributed by atoms with Crippen molar-refractivity contribution >= 4 is 16.6 Å². The minimum absolute atomic E-state index is 0.00822. The molecule has 222 valence electrons. The van der Waals surface area contributed by atoms with Crippen molar-refractivity contribution in [2.45, 2.75) is 155 Å². The first-order chi connectivity index (χ1) is 17.5. The van der Waals surface area contributed by atoms with Crippen LogP contribution in [0.4, 0.5) is 0 Å². The van der Waals surface area contributed by atoms with E-state index in [1.54, 1.807) is 11.1 Å². The molecule has 2 fully saturated rings. The van der Waals surface area contributed by atoms with E-state index < -0.39 is 22.2 Å². The summed E-state index contributed by atoms with van der Waals surface area (Å²) in [6, 6.07) is 0. The van der Waals surface area contributed by atoms with Crippen LogP contribution in [0.1, 0.15) is 101 Å². The largest absolute Gasteiger partial charge is 0.414 e. The Hall–Kier alpha value is -0.466. The lowest BCUT2D eigenvalue weighted by Gasteiger charge is -2.59. The first-order valence-corrected chi connectivity index (χ1v) is 21.5. The highest BCUT2D eigenvalue weighted by Gasteiger charge is 2.60. The maximum absolute atomic E-state index is 11.1. The second-order valence-corrected chi connectivity index (χ2v) is 26.9. The molecule has 0 aromatic rings. The van der Waals surface area contributed by atoms with Crippen molar-refractivity contribution in [2.75, 3.05) is 0 Å². The summed E-state index contributed by atoms with van der Waals surface area (Å²) in [6.07, 6.45) is 13.1. The minimum Gasteiger partial charge on any atom is -0.414 e. The van der Waals surface area contributed by atoms with E-state index in [-0.39, 0.29) is 33.1 Å². The van der Waals surface area contributed by atoms with Gasteiger partial charge in [-0.05, 0) is 105 Å². The molecule has 0 aromatic heterocycles. The molecule has 0 radical (unpaired) electrons. The van der Waals surface area contributed by atoms with Gasteiger partial charge in [-0.15, -0.1) is 0 Å². The van der Waals surface area contributed by atoms with E-state index >= 15 is 0 Å². The van der Waals surface area contributed by atoms with Crippen LogP contribution < -0.4 is 0 Å². The summed E-state index contributed by atoms with van der Waals surface area (Å²) < 4.78 is 14.6. The Bertz CT molecular complexity index is 1060. The average Bonchev–Trinajstić information content (AvgIpc) is 3.10. The van der Waals surface area contributed by atoms with Gasteiger partial charge in [0.15, 0.2) is 16.6 Å². The van der Waals surface area contributed by atoms with Gasteiger partial charge in [-0.2, -0.15) is 0 Å². The van der Waals surface area contributed by atoms with Gasteiger partial charge >= 0.3 is 0 Å². The smallest absolute Gasteiger partial charge is 0.192 e. The summed E-state index contributed by atoms with van der Waals surface area (Å²) >= 11 is 0. The third kappa shape index (κ3) is 5.19. The van der Waals surface area contributed by atoms with Gasteiger partial charge in [-0.3, -0.25) is 0 Å². The number of rotatable bonds is 5. The Morgan fingerprint density at radius 1 is 0.846 bits per heavy atom. The summed E-state index contributed by atoms with van der Waals surface area (Å²) in [5.74, 6) is 0.968. The highest BCUT2D eigenvalue weighted by Crippen LogP contribution is 2.65. The van der Waals surface area contributed by atoms with Crippen molar-refractivity contribution in [2.24, 2.45) is 22.7 Å². The van der Waals surface area contributed by atoms with E-state index in [4.69, 9.17) is 8.85 Å². The molecule has 3 nitrogen and oxygen atoms in total. The van der Waals surface area contributed by atoms with Gasteiger partial charge in [0, 0.05) is 5.41 Å². The van der Waals surface area contributed by atoms with Crippen LogP contribution in [-0.4, -0.2) is 39.6 Å². The fourth-order valence-corrected chi connectivity index (χ4v) is 10.7. The van der Waals surface area contributed by atoms with E-state index in [1.807, 2.05) is 13.8 Å². The first kappa shape index (κ1) is 31.5. The van der Waals surface area contributed by atoms with Gasteiger partial charge < -0.3 is 14.0 Å². The SMILES string of the molecule is CC(C)(O)C1=CC[C@H]2C3=CC=C4CC(O[Si](C)(C)C(C)(C)C)CC(O[Si](C)(C)C(C)(C)C)[C@]4(C)[C@H]3CC[C@]12C. The van der Waals surface area contributed by atoms with Crippen molar-refractivity contribution in [3.8, 4) is 0 Å². The van der Waals surface area contributed by atoms with Crippen LogP contribution in [0, 0.1) is 22.7 Å². The average molecular weight is 573 g/mol. The third-order valence-electron chi connectivity index (χ3n) is 12.4. The normalized spacial score (nSPS) is 35.9. The molecule has 0 heterocycles. The Kier molecular flexibility index (Phi) is 7.68. The quantitative estimate of drug-likeness (QED) is 0.263. The van der Waals surface area contributed by atoms with Crippen LogP contribution in [0.15, 0.2) is 34.9 Å². The second-order valence-electron chi connectivity index (χ2n) is 17.4. The summed E-state index contributed by atoms with van der Waals surface area (Å²) in [5.41, 5.74) is 3.68. The zero-order valence-electron chi connectivity index (χ0n) is 27.8. The van der Waals surface area contributed by atoms with Gasteiger partial charge in [0.25, 0.3) is 0 Å². The lowest BCUT2D eigenvalue weighted by atomic mass is 9.49. The summed E-state index contributed by atoms with van der Waals surface area (Å²) in [7, 11) is -3.91. The Morgan fingerprint density at radius 2 is 1.41 bits per heavy atom. The summed E-state index contributed by atoms with van der Waals surface area (Å²) in [4.78, 5) is 0. The molecular weight excluding hydrogens is 513 g/mol. The number of hydrogen-bond donors (Lipinski definition) is 1. The Balaban J connectivity index is 1.75. The molecule has 0 spiro atoms. The number of allylic oxidation sites excluding steroid dienone is 4. The van der Waals surface area contributed by atoms with E-state index in [2.05, 4.69) is 99.8 Å². The standard InChI is InChI=1S/C34H60O3Si2/c1-30(2,3)38(11,12)36-24-21-23-15-16-25-26-17-18-28(32(7,8)35)33(26,9)20-19-27(25)34(23,10)29(22-24)37-39(13,14)31(4,5)6/h15-16,18,24,26-27,29,35H,17,19-22H2,1-14H3/t24?,26-,27-,29?,33-,34-/m0/s1. The third-order valence-corrected chi connectivity index (χ3v) is 21.4. The van der Waals surface area contributed by atoms with Crippen molar-refractivity contribution in [1.82, 2.24) is 0 Å². The zero-order valence-corrected chi connectivity index (χ0v) is 29.8.